The molecule has 0 amide bonds. The molecule has 0 atom stereocenters. The van der Waals surface area contributed by atoms with E-state index in [2.05, 4.69) is 0 Å². The predicted molar refractivity (Wildman–Crippen MR) is 65.8 cm³/mol. The fourth-order valence-electron chi connectivity index (χ4n) is 1.49. The molecule has 2 aromatic carbocycles. The molecular formula is C13H10ClF2NO. The van der Waals surface area contributed by atoms with E-state index in [1.807, 2.05) is 0 Å². The van der Waals surface area contributed by atoms with Crippen molar-refractivity contribution in [2.75, 3.05) is 0 Å². The van der Waals surface area contributed by atoms with Crippen molar-refractivity contribution in [2.24, 2.45) is 5.73 Å². The van der Waals surface area contributed by atoms with Crippen LogP contribution in [0.3, 0.4) is 0 Å². The highest BCUT2D eigenvalue weighted by molar-refractivity contribution is 6.32. The van der Waals surface area contributed by atoms with Crippen LogP contribution in [0.4, 0.5) is 8.78 Å². The van der Waals surface area contributed by atoms with Gasteiger partial charge < -0.3 is 10.5 Å². The molecule has 0 radical (unpaired) electrons. The van der Waals surface area contributed by atoms with E-state index >= 15 is 0 Å². The number of halogens is 3. The topological polar surface area (TPSA) is 35.2 Å². The molecule has 0 fully saturated rings. The molecule has 0 aliphatic carbocycles. The first-order chi connectivity index (χ1) is 8.61. The summed E-state index contributed by atoms with van der Waals surface area (Å²) in [6, 6.07) is 7.96. The third kappa shape index (κ3) is 2.60. The fraction of sp³-hybridized carbons (Fsp3) is 0.0769. The first kappa shape index (κ1) is 12.8. The molecule has 2 aromatic rings. The molecule has 0 saturated heterocycles. The van der Waals surface area contributed by atoms with Crippen molar-refractivity contribution in [1.29, 1.82) is 0 Å². The van der Waals surface area contributed by atoms with Crippen molar-refractivity contribution in [3.05, 3.63) is 58.6 Å². The summed E-state index contributed by atoms with van der Waals surface area (Å²) in [5.74, 6) is -1.24. The summed E-state index contributed by atoms with van der Waals surface area (Å²) in [4.78, 5) is 0. The van der Waals surface area contributed by atoms with E-state index < -0.39 is 11.6 Å². The van der Waals surface area contributed by atoms with Crippen LogP contribution in [0.15, 0.2) is 36.4 Å². The Hall–Kier alpha value is -1.65. The molecule has 0 spiro atoms. The van der Waals surface area contributed by atoms with Gasteiger partial charge in [0.25, 0.3) is 0 Å². The van der Waals surface area contributed by atoms with E-state index in [0.717, 1.165) is 18.2 Å². The smallest absolute Gasteiger partial charge is 0.166 e. The van der Waals surface area contributed by atoms with Crippen LogP contribution in [0.2, 0.25) is 5.02 Å². The Bertz CT molecular complexity index is 575. The van der Waals surface area contributed by atoms with Crippen LogP contribution in [-0.2, 0) is 6.54 Å². The van der Waals surface area contributed by atoms with Crippen LogP contribution < -0.4 is 10.5 Å². The minimum atomic E-state index is -0.667. The Labute approximate surface area is 108 Å². The molecule has 18 heavy (non-hydrogen) atoms. The molecule has 0 aromatic heterocycles. The van der Waals surface area contributed by atoms with E-state index in [-0.39, 0.29) is 18.0 Å². The second-order valence-corrected chi connectivity index (χ2v) is 4.02. The van der Waals surface area contributed by atoms with Crippen LogP contribution in [-0.4, -0.2) is 0 Å². The number of nitrogens with two attached hydrogens (primary N) is 1. The quantitative estimate of drug-likeness (QED) is 0.918. The molecule has 2 rings (SSSR count). The molecule has 0 unspecified atom stereocenters. The Morgan fingerprint density at radius 1 is 1.17 bits per heavy atom. The van der Waals surface area contributed by atoms with Crippen LogP contribution in [0.25, 0.3) is 0 Å². The van der Waals surface area contributed by atoms with Gasteiger partial charge >= 0.3 is 0 Å². The summed E-state index contributed by atoms with van der Waals surface area (Å²) in [5.41, 5.74) is 6.15. The average molecular weight is 270 g/mol. The van der Waals surface area contributed by atoms with Gasteiger partial charge in [-0.2, -0.15) is 0 Å². The maximum Gasteiger partial charge on any atom is 0.166 e. The lowest BCUT2D eigenvalue weighted by Crippen LogP contribution is -2.00. The van der Waals surface area contributed by atoms with Crippen molar-refractivity contribution in [3.8, 4) is 11.5 Å². The van der Waals surface area contributed by atoms with Gasteiger partial charge in [0.1, 0.15) is 5.82 Å². The van der Waals surface area contributed by atoms with Crippen LogP contribution in [0, 0.1) is 11.6 Å². The zero-order valence-electron chi connectivity index (χ0n) is 9.29. The van der Waals surface area contributed by atoms with Crippen molar-refractivity contribution < 1.29 is 13.5 Å². The number of hydrogen-bond acceptors (Lipinski definition) is 2. The fourth-order valence-corrected chi connectivity index (χ4v) is 1.73. The highest BCUT2D eigenvalue weighted by atomic mass is 35.5. The van der Waals surface area contributed by atoms with Gasteiger partial charge in [0, 0.05) is 18.2 Å². The molecule has 2 N–H and O–H groups in total. The van der Waals surface area contributed by atoms with Gasteiger partial charge in [0.05, 0.1) is 5.02 Å². The molecule has 2 nitrogen and oxygen atoms in total. The monoisotopic (exact) mass is 269 g/mol. The summed E-state index contributed by atoms with van der Waals surface area (Å²) in [7, 11) is 0. The van der Waals surface area contributed by atoms with Crippen molar-refractivity contribution >= 4 is 11.6 Å². The number of benzene rings is 2. The van der Waals surface area contributed by atoms with Gasteiger partial charge in [-0.1, -0.05) is 23.7 Å². The van der Waals surface area contributed by atoms with Gasteiger partial charge in [-0.3, -0.25) is 0 Å². The number of rotatable bonds is 3. The van der Waals surface area contributed by atoms with E-state index in [4.69, 9.17) is 22.1 Å². The second kappa shape index (κ2) is 5.33. The average Bonchev–Trinajstić information content (AvgIpc) is 2.36. The minimum Gasteiger partial charge on any atom is -0.452 e. The van der Waals surface area contributed by atoms with Gasteiger partial charge in [-0.05, 0) is 18.2 Å². The zero-order chi connectivity index (χ0) is 13.1. The molecule has 0 aliphatic rings. The molecule has 0 saturated carbocycles. The molecule has 0 aliphatic heterocycles. The largest absolute Gasteiger partial charge is 0.452 e. The molecule has 0 heterocycles. The SMILES string of the molecule is NCc1cccc(Cl)c1Oc1cc(F)ccc1F. The third-order valence-electron chi connectivity index (χ3n) is 2.37. The minimum absolute atomic E-state index is 0.187. The van der Waals surface area contributed by atoms with Gasteiger partial charge in [-0.25, -0.2) is 8.78 Å². The van der Waals surface area contributed by atoms with E-state index in [0.29, 0.717) is 10.6 Å². The summed E-state index contributed by atoms with van der Waals surface area (Å²) in [6.45, 7) is 0.187. The lowest BCUT2D eigenvalue weighted by molar-refractivity contribution is 0.432. The normalized spacial score (nSPS) is 10.4. The maximum absolute atomic E-state index is 13.5. The number of hydrogen-bond donors (Lipinski definition) is 1. The van der Waals surface area contributed by atoms with E-state index in [9.17, 15) is 8.78 Å². The van der Waals surface area contributed by atoms with Gasteiger partial charge in [0.15, 0.2) is 17.3 Å². The molecule has 0 bridgehead atoms. The third-order valence-corrected chi connectivity index (χ3v) is 2.67. The standard InChI is InChI=1S/C13H10ClF2NO/c14-10-3-1-2-8(7-17)13(10)18-12-6-9(15)4-5-11(12)16/h1-6H,7,17H2. The van der Waals surface area contributed by atoms with Gasteiger partial charge in [0.2, 0.25) is 0 Å². The lowest BCUT2D eigenvalue weighted by Gasteiger charge is -2.12. The summed E-state index contributed by atoms with van der Waals surface area (Å²) in [6.07, 6.45) is 0. The Morgan fingerprint density at radius 3 is 2.67 bits per heavy atom. The van der Waals surface area contributed by atoms with Crippen LogP contribution in [0.1, 0.15) is 5.56 Å². The maximum atomic E-state index is 13.5. The summed E-state index contributed by atoms with van der Waals surface area (Å²) >= 11 is 5.95. The Balaban J connectivity index is 2.42. The van der Waals surface area contributed by atoms with Gasteiger partial charge in [-0.15, -0.1) is 0 Å². The molecule has 94 valence electrons. The van der Waals surface area contributed by atoms with Crippen molar-refractivity contribution in [3.63, 3.8) is 0 Å². The first-order valence-corrected chi connectivity index (χ1v) is 5.60. The Kier molecular flexibility index (Phi) is 3.79. The molecule has 5 heteroatoms. The van der Waals surface area contributed by atoms with E-state index in [1.165, 1.54) is 0 Å². The van der Waals surface area contributed by atoms with Crippen LogP contribution >= 0.6 is 11.6 Å². The zero-order valence-corrected chi connectivity index (χ0v) is 10.0. The predicted octanol–water partition coefficient (Wildman–Crippen LogP) is 3.87. The number of ether oxygens (including phenoxy) is 1. The first-order valence-electron chi connectivity index (χ1n) is 5.22. The van der Waals surface area contributed by atoms with Crippen molar-refractivity contribution in [1.82, 2.24) is 0 Å². The van der Waals surface area contributed by atoms with E-state index in [1.54, 1.807) is 18.2 Å². The number of para-hydroxylation sites is 1. The molecular weight excluding hydrogens is 260 g/mol. The van der Waals surface area contributed by atoms with Crippen molar-refractivity contribution in [2.45, 2.75) is 6.54 Å². The highest BCUT2D eigenvalue weighted by Gasteiger charge is 2.12. The summed E-state index contributed by atoms with van der Waals surface area (Å²) < 4.78 is 31.8. The Morgan fingerprint density at radius 2 is 1.94 bits per heavy atom. The second-order valence-electron chi connectivity index (χ2n) is 3.61. The van der Waals surface area contributed by atoms with Crippen LogP contribution in [0.5, 0.6) is 11.5 Å². The highest BCUT2D eigenvalue weighted by Crippen LogP contribution is 2.34. The lowest BCUT2D eigenvalue weighted by atomic mass is 10.2. The summed E-state index contributed by atoms with van der Waals surface area (Å²) in [5, 5.41) is 0.293.